The number of hydrogen-bond acceptors (Lipinski definition) is 6. The summed E-state index contributed by atoms with van der Waals surface area (Å²) in [6, 6.07) is 1.42. The molecule has 0 spiro atoms. The lowest BCUT2D eigenvalue weighted by Gasteiger charge is -2.16. The van der Waals surface area contributed by atoms with Crippen LogP contribution < -0.4 is 0 Å². The molecule has 0 aromatic carbocycles. The Morgan fingerprint density at radius 3 is 2.86 bits per heavy atom. The number of halogens is 2. The smallest absolute Gasteiger partial charge is 0.343 e. The van der Waals surface area contributed by atoms with Crippen molar-refractivity contribution in [3.8, 4) is 0 Å². The number of esters is 1. The molecule has 118 valence electrons. The third kappa shape index (κ3) is 3.76. The monoisotopic (exact) mass is 344 g/mol. The van der Waals surface area contributed by atoms with Crippen LogP contribution in [0.4, 0.5) is 0 Å². The number of carbonyl (C=O) groups excluding carboxylic acids is 1. The lowest BCUT2D eigenvalue weighted by atomic mass is 10.1. The first kappa shape index (κ1) is 16.7. The normalized spacial score (nSPS) is 15.9. The summed E-state index contributed by atoms with van der Waals surface area (Å²) in [5.41, 5.74) is 0.232. The summed E-state index contributed by atoms with van der Waals surface area (Å²) >= 11 is 11.8. The molecule has 1 aromatic rings. The van der Waals surface area contributed by atoms with Gasteiger partial charge in [-0.2, -0.15) is 0 Å². The Balaban J connectivity index is 2.53. The van der Waals surface area contributed by atoms with Crippen LogP contribution >= 0.6 is 23.2 Å². The first-order valence-corrected chi connectivity index (χ1v) is 7.33. The van der Waals surface area contributed by atoms with Gasteiger partial charge in [0.2, 0.25) is 0 Å². The zero-order valence-corrected chi connectivity index (χ0v) is 13.3. The van der Waals surface area contributed by atoms with Crippen LogP contribution in [-0.2, 0) is 14.3 Å². The Morgan fingerprint density at radius 1 is 1.50 bits per heavy atom. The van der Waals surface area contributed by atoms with Gasteiger partial charge in [-0.1, -0.05) is 23.2 Å². The van der Waals surface area contributed by atoms with Crippen molar-refractivity contribution in [1.29, 1.82) is 0 Å². The highest BCUT2D eigenvalue weighted by Gasteiger charge is 2.26. The molecule has 6 nitrogen and oxygen atoms in total. The van der Waals surface area contributed by atoms with Gasteiger partial charge in [0.05, 0.1) is 42.1 Å². The number of carbonyl (C=O) groups is 1. The largest absolute Gasteiger partial charge is 0.505 e. The molecule has 8 heteroatoms. The fourth-order valence-corrected chi connectivity index (χ4v) is 2.34. The Morgan fingerprint density at radius 2 is 2.27 bits per heavy atom. The molecule has 0 unspecified atom stereocenters. The molecule has 1 aromatic heterocycles. The first-order chi connectivity index (χ1) is 10.5. The van der Waals surface area contributed by atoms with Crippen molar-refractivity contribution in [2.45, 2.75) is 6.92 Å². The van der Waals surface area contributed by atoms with Gasteiger partial charge in [0.15, 0.2) is 5.76 Å². The predicted molar refractivity (Wildman–Crippen MR) is 83.6 cm³/mol. The molecule has 0 amide bonds. The van der Waals surface area contributed by atoms with Gasteiger partial charge in [0.1, 0.15) is 11.3 Å². The van der Waals surface area contributed by atoms with E-state index >= 15 is 0 Å². The molecule has 0 saturated carbocycles. The third-order valence-corrected chi connectivity index (χ3v) is 3.31. The van der Waals surface area contributed by atoms with Crippen molar-refractivity contribution in [3.05, 3.63) is 33.6 Å². The quantitative estimate of drug-likeness (QED) is 0.516. The van der Waals surface area contributed by atoms with E-state index in [1.54, 1.807) is 6.92 Å². The third-order valence-electron chi connectivity index (χ3n) is 2.81. The van der Waals surface area contributed by atoms with Gasteiger partial charge in [-0.25, -0.2) is 9.78 Å². The second-order valence-corrected chi connectivity index (χ2v) is 5.15. The molecule has 1 aliphatic rings. The van der Waals surface area contributed by atoms with Crippen LogP contribution in [0.3, 0.4) is 0 Å². The molecule has 0 fully saturated rings. The van der Waals surface area contributed by atoms with E-state index in [0.29, 0.717) is 23.9 Å². The first-order valence-electron chi connectivity index (χ1n) is 6.57. The Kier molecular flexibility index (Phi) is 5.76. The summed E-state index contributed by atoms with van der Waals surface area (Å²) in [5.74, 6) is -1.12. The van der Waals surface area contributed by atoms with E-state index in [0.717, 1.165) is 0 Å². The maximum Gasteiger partial charge on any atom is 0.343 e. The average Bonchev–Trinajstić information content (AvgIpc) is 2.48. The number of rotatable bonds is 4. The SMILES string of the molecule is CCOC(=O)C(C1=NCCOC1)=C(O)c1ncc(Cl)cc1Cl. The van der Waals surface area contributed by atoms with E-state index in [9.17, 15) is 9.90 Å². The van der Waals surface area contributed by atoms with Gasteiger partial charge in [0, 0.05) is 6.20 Å². The second kappa shape index (κ2) is 7.58. The second-order valence-electron chi connectivity index (χ2n) is 4.31. The topological polar surface area (TPSA) is 81.0 Å². The van der Waals surface area contributed by atoms with Crippen LogP contribution in [0.1, 0.15) is 12.6 Å². The van der Waals surface area contributed by atoms with Crippen LogP contribution in [0.25, 0.3) is 5.76 Å². The van der Waals surface area contributed by atoms with E-state index in [1.165, 1.54) is 12.3 Å². The van der Waals surface area contributed by atoms with Crippen molar-refractivity contribution >= 4 is 40.6 Å². The van der Waals surface area contributed by atoms with Crippen LogP contribution in [0.15, 0.2) is 22.8 Å². The average molecular weight is 345 g/mol. The Hall–Kier alpha value is -1.63. The summed E-state index contributed by atoms with van der Waals surface area (Å²) in [6.45, 7) is 2.78. The minimum atomic E-state index is -0.711. The molecule has 0 radical (unpaired) electrons. The lowest BCUT2D eigenvalue weighted by molar-refractivity contribution is -0.137. The van der Waals surface area contributed by atoms with Crippen LogP contribution in [0.5, 0.6) is 0 Å². The fourth-order valence-electron chi connectivity index (χ4n) is 1.87. The number of ether oxygens (including phenoxy) is 2. The van der Waals surface area contributed by atoms with Gasteiger partial charge in [-0.3, -0.25) is 4.99 Å². The summed E-state index contributed by atoms with van der Waals surface area (Å²) in [5, 5.41) is 10.9. The number of aliphatic imine (C=N–C) groups is 1. The zero-order chi connectivity index (χ0) is 16.1. The molecule has 2 heterocycles. The molecular weight excluding hydrogens is 331 g/mol. The van der Waals surface area contributed by atoms with E-state index in [-0.39, 0.29) is 29.5 Å². The molecule has 1 N–H and O–H groups in total. The van der Waals surface area contributed by atoms with E-state index in [4.69, 9.17) is 32.7 Å². The van der Waals surface area contributed by atoms with Crippen molar-refractivity contribution < 1.29 is 19.4 Å². The van der Waals surface area contributed by atoms with Gasteiger partial charge in [0.25, 0.3) is 0 Å². The van der Waals surface area contributed by atoms with Crippen LogP contribution in [0, 0.1) is 0 Å². The summed E-state index contributed by atoms with van der Waals surface area (Å²) < 4.78 is 10.2. The highest BCUT2D eigenvalue weighted by atomic mass is 35.5. The molecular formula is C14H14Cl2N2O4. The van der Waals surface area contributed by atoms with Crippen LogP contribution in [0.2, 0.25) is 10.0 Å². The molecule has 2 rings (SSSR count). The van der Waals surface area contributed by atoms with E-state index < -0.39 is 11.7 Å². The van der Waals surface area contributed by atoms with Gasteiger partial charge >= 0.3 is 5.97 Å². The maximum absolute atomic E-state index is 12.2. The summed E-state index contributed by atoms with van der Waals surface area (Å²) in [6.07, 6.45) is 1.32. The molecule has 1 aliphatic heterocycles. The highest BCUT2D eigenvalue weighted by molar-refractivity contribution is 6.36. The number of pyridine rings is 1. The minimum Gasteiger partial charge on any atom is -0.505 e. The van der Waals surface area contributed by atoms with Crippen molar-refractivity contribution in [2.75, 3.05) is 26.4 Å². The maximum atomic E-state index is 12.2. The van der Waals surface area contributed by atoms with Gasteiger partial charge in [-0.05, 0) is 13.0 Å². The predicted octanol–water partition coefficient (Wildman–Crippen LogP) is 2.69. The standard InChI is InChI=1S/C14H14Cl2N2O4/c1-2-22-14(20)11(10-7-21-4-3-17-10)13(19)12-9(16)5-8(15)6-18-12/h5-6,19H,2-4,7H2,1H3. The molecule has 22 heavy (non-hydrogen) atoms. The summed E-state index contributed by atoms with van der Waals surface area (Å²) in [7, 11) is 0. The van der Waals surface area contributed by atoms with Crippen molar-refractivity contribution in [3.63, 3.8) is 0 Å². The Bertz CT molecular complexity index is 644. The van der Waals surface area contributed by atoms with Crippen molar-refractivity contribution in [1.82, 2.24) is 4.98 Å². The number of hydrogen-bond donors (Lipinski definition) is 1. The Labute approximate surface area is 137 Å². The number of aliphatic hydroxyl groups is 1. The highest BCUT2D eigenvalue weighted by Crippen LogP contribution is 2.26. The molecule has 0 aliphatic carbocycles. The zero-order valence-electron chi connectivity index (χ0n) is 11.8. The van der Waals surface area contributed by atoms with Gasteiger partial charge in [-0.15, -0.1) is 0 Å². The number of aliphatic hydroxyl groups excluding tert-OH is 1. The minimum absolute atomic E-state index is 0.0300. The number of aromatic nitrogens is 1. The lowest BCUT2D eigenvalue weighted by Crippen LogP contribution is -2.26. The molecule has 0 atom stereocenters. The number of nitrogens with zero attached hydrogens (tertiary/aromatic N) is 2. The molecule has 0 bridgehead atoms. The van der Waals surface area contributed by atoms with E-state index in [2.05, 4.69) is 9.98 Å². The van der Waals surface area contributed by atoms with Gasteiger partial charge < -0.3 is 14.6 Å². The van der Waals surface area contributed by atoms with Crippen LogP contribution in [-0.4, -0.2) is 48.1 Å². The fraction of sp³-hybridized carbons (Fsp3) is 0.357. The molecule has 0 saturated heterocycles. The van der Waals surface area contributed by atoms with Crippen molar-refractivity contribution in [2.24, 2.45) is 4.99 Å². The summed E-state index contributed by atoms with van der Waals surface area (Å²) in [4.78, 5) is 20.3. The van der Waals surface area contributed by atoms with E-state index in [1.807, 2.05) is 0 Å².